The molecule has 3 rings (SSSR count). The van der Waals surface area contributed by atoms with Crippen LogP contribution in [0.4, 0.5) is 0 Å². The van der Waals surface area contributed by atoms with Crippen molar-refractivity contribution in [2.45, 2.75) is 58.4 Å². The lowest BCUT2D eigenvalue weighted by molar-refractivity contribution is -0.148. The Kier molecular flexibility index (Phi) is 9.13. The van der Waals surface area contributed by atoms with E-state index in [1.54, 1.807) is 33.1 Å². The van der Waals surface area contributed by atoms with Gasteiger partial charge in [0.1, 0.15) is 12.4 Å². The number of amides is 1. The second kappa shape index (κ2) is 11.4. The first kappa shape index (κ1) is 28.9. The number of sulfonamides is 1. The maximum atomic E-state index is 13.1. The molecule has 2 atom stereocenters. The van der Waals surface area contributed by atoms with Crippen LogP contribution in [0.1, 0.15) is 44.7 Å². The SMILES string of the molecule is COc1cc(C)c(S(=O)(=O)N(C)CCOCC(=O)N(C)[C@H]2C[C@@H](CCN3CC(C)C3)C2(C)C)c(C)c1. The van der Waals surface area contributed by atoms with Gasteiger partial charge in [-0.25, -0.2) is 8.42 Å². The van der Waals surface area contributed by atoms with Gasteiger partial charge >= 0.3 is 0 Å². The molecule has 36 heavy (non-hydrogen) atoms. The van der Waals surface area contributed by atoms with Crippen LogP contribution in [0.25, 0.3) is 0 Å². The summed E-state index contributed by atoms with van der Waals surface area (Å²) in [5, 5.41) is 0. The molecule has 1 heterocycles. The van der Waals surface area contributed by atoms with Gasteiger partial charge in [-0.3, -0.25) is 4.79 Å². The van der Waals surface area contributed by atoms with Crippen LogP contribution >= 0.6 is 0 Å². The lowest BCUT2D eigenvalue weighted by Crippen LogP contribution is -2.60. The zero-order valence-electron chi connectivity index (χ0n) is 23.3. The summed E-state index contributed by atoms with van der Waals surface area (Å²) < 4.78 is 38.4. The minimum atomic E-state index is -3.69. The maximum absolute atomic E-state index is 13.1. The summed E-state index contributed by atoms with van der Waals surface area (Å²) in [6.07, 6.45) is 2.21. The molecule has 1 aliphatic carbocycles. The van der Waals surface area contributed by atoms with Crippen LogP contribution in [0.2, 0.25) is 0 Å². The standard InChI is InChI=1S/C27H45N3O5S/c1-19-16-30(17-19)10-9-22-15-24(27(22,4)5)29(7)25(31)18-35-12-11-28(6)36(32,33)26-20(2)13-23(34-8)14-21(26)3/h13-14,19,22,24H,9-12,15-18H2,1-8H3/t22-,24+/m1/s1. The summed E-state index contributed by atoms with van der Waals surface area (Å²) in [7, 11) is 1.27. The normalized spacial score (nSPS) is 22.2. The molecule has 204 valence electrons. The summed E-state index contributed by atoms with van der Waals surface area (Å²) >= 11 is 0. The largest absolute Gasteiger partial charge is 0.497 e. The minimum Gasteiger partial charge on any atom is -0.497 e. The number of rotatable bonds is 12. The van der Waals surface area contributed by atoms with Gasteiger partial charge in [0, 0.05) is 39.8 Å². The molecule has 2 fully saturated rings. The second-order valence-corrected chi connectivity index (χ2v) is 13.4. The number of hydrogen-bond acceptors (Lipinski definition) is 6. The average molecular weight is 524 g/mol. The first-order valence-corrected chi connectivity index (χ1v) is 14.4. The van der Waals surface area contributed by atoms with Gasteiger partial charge in [-0.05, 0) is 73.7 Å². The summed E-state index contributed by atoms with van der Waals surface area (Å²) in [6.45, 7) is 14.2. The van der Waals surface area contributed by atoms with Crippen LogP contribution in [-0.2, 0) is 19.6 Å². The van der Waals surface area contributed by atoms with E-state index in [1.807, 2.05) is 11.9 Å². The lowest BCUT2D eigenvalue weighted by Gasteiger charge is -2.56. The highest BCUT2D eigenvalue weighted by Gasteiger charge is 2.50. The van der Waals surface area contributed by atoms with Crippen molar-refractivity contribution in [2.24, 2.45) is 17.3 Å². The van der Waals surface area contributed by atoms with Crippen LogP contribution in [-0.4, -0.2) is 95.1 Å². The van der Waals surface area contributed by atoms with Gasteiger partial charge < -0.3 is 19.3 Å². The van der Waals surface area contributed by atoms with E-state index in [9.17, 15) is 13.2 Å². The fourth-order valence-corrected chi connectivity index (χ4v) is 7.38. The summed E-state index contributed by atoms with van der Waals surface area (Å²) in [5.41, 5.74) is 1.36. The van der Waals surface area contributed by atoms with Crippen molar-refractivity contribution in [3.8, 4) is 5.75 Å². The number of aryl methyl sites for hydroxylation is 2. The Balaban J connectivity index is 1.44. The number of likely N-dealkylation sites (tertiary alicyclic amines) is 1. The van der Waals surface area contributed by atoms with Crippen molar-refractivity contribution >= 4 is 15.9 Å². The number of nitrogens with zero attached hydrogens (tertiary/aromatic N) is 3. The number of likely N-dealkylation sites (N-methyl/N-ethyl adjacent to an activating group) is 2. The van der Waals surface area contributed by atoms with Crippen LogP contribution in [0, 0.1) is 31.1 Å². The Morgan fingerprint density at radius 2 is 1.78 bits per heavy atom. The molecule has 0 spiro atoms. The number of carbonyl (C=O) groups excluding carboxylic acids is 1. The van der Waals surface area contributed by atoms with E-state index < -0.39 is 10.0 Å². The van der Waals surface area contributed by atoms with Crippen LogP contribution in [0.5, 0.6) is 5.75 Å². The third-order valence-electron chi connectivity index (χ3n) is 8.33. The Hall–Kier alpha value is -1.68. The molecule has 1 aromatic rings. The molecule has 2 aliphatic rings. The third kappa shape index (κ3) is 6.06. The summed E-state index contributed by atoms with van der Waals surface area (Å²) in [5.74, 6) is 2.02. The molecule has 0 aromatic heterocycles. The first-order valence-electron chi connectivity index (χ1n) is 13.0. The number of methoxy groups -OCH3 is 1. The molecule has 1 aromatic carbocycles. The Bertz CT molecular complexity index is 1010. The van der Waals surface area contributed by atoms with Crippen molar-refractivity contribution in [2.75, 3.05) is 60.6 Å². The van der Waals surface area contributed by atoms with Gasteiger partial charge in [0.2, 0.25) is 15.9 Å². The Morgan fingerprint density at radius 3 is 2.31 bits per heavy atom. The second-order valence-electron chi connectivity index (χ2n) is 11.4. The molecule has 1 amide bonds. The van der Waals surface area contributed by atoms with Gasteiger partial charge in [0.25, 0.3) is 0 Å². The molecule has 1 aliphatic heterocycles. The van der Waals surface area contributed by atoms with Crippen molar-refractivity contribution in [3.63, 3.8) is 0 Å². The fourth-order valence-electron chi connectivity index (χ4n) is 5.82. The Morgan fingerprint density at radius 1 is 1.17 bits per heavy atom. The number of ether oxygens (including phenoxy) is 2. The highest BCUT2D eigenvalue weighted by molar-refractivity contribution is 7.89. The van der Waals surface area contributed by atoms with E-state index in [4.69, 9.17) is 9.47 Å². The predicted octanol–water partition coefficient (Wildman–Crippen LogP) is 3.16. The predicted molar refractivity (Wildman–Crippen MR) is 142 cm³/mol. The van der Waals surface area contributed by atoms with Crippen LogP contribution < -0.4 is 4.74 Å². The minimum absolute atomic E-state index is 0.0477. The van der Waals surface area contributed by atoms with Crippen LogP contribution in [0.3, 0.4) is 0 Å². The summed E-state index contributed by atoms with van der Waals surface area (Å²) in [6, 6.07) is 3.64. The van der Waals surface area contributed by atoms with E-state index >= 15 is 0 Å². The molecule has 0 bridgehead atoms. The quantitative estimate of drug-likeness (QED) is 0.392. The topological polar surface area (TPSA) is 79.4 Å². The van der Waals surface area contributed by atoms with Crippen molar-refractivity contribution in [1.29, 1.82) is 0 Å². The molecule has 0 radical (unpaired) electrons. The smallest absolute Gasteiger partial charge is 0.248 e. The molecule has 1 saturated heterocycles. The van der Waals surface area contributed by atoms with Crippen molar-refractivity contribution < 1.29 is 22.7 Å². The monoisotopic (exact) mass is 523 g/mol. The van der Waals surface area contributed by atoms with Crippen molar-refractivity contribution in [3.05, 3.63) is 23.3 Å². The van der Waals surface area contributed by atoms with Gasteiger partial charge in [-0.1, -0.05) is 20.8 Å². The molecule has 1 saturated carbocycles. The zero-order valence-corrected chi connectivity index (χ0v) is 24.2. The molecule has 0 N–H and O–H groups in total. The Labute approximate surface area is 218 Å². The third-order valence-corrected chi connectivity index (χ3v) is 10.5. The fraction of sp³-hybridized carbons (Fsp3) is 0.741. The van der Waals surface area contributed by atoms with Crippen molar-refractivity contribution in [1.82, 2.24) is 14.1 Å². The lowest BCUT2D eigenvalue weighted by atomic mass is 9.57. The van der Waals surface area contributed by atoms with E-state index in [2.05, 4.69) is 25.7 Å². The molecule has 0 unspecified atom stereocenters. The van der Waals surface area contributed by atoms with E-state index in [1.165, 1.54) is 30.9 Å². The zero-order chi connectivity index (χ0) is 26.8. The maximum Gasteiger partial charge on any atom is 0.248 e. The first-order chi connectivity index (χ1) is 16.8. The molecular weight excluding hydrogens is 478 g/mol. The highest BCUT2D eigenvalue weighted by atomic mass is 32.2. The van der Waals surface area contributed by atoms with Crippen LogP contribution in [0.15, 0.2) is 17.0 Å². The number of benzene rings is 1. The molecule has 9 heteroatoms. The number of hydrogen-bond donors (Lipinski definition) is 0. The van der Waals surface area contributed by atoms with E-state index in [0.29, 0.717) is 22.8 Å². The van der Waals surface area contributed by atoms with E-state index in [0.717, 1.165) is 18.9 Å². The number of carbonyl (C=O) groups is 1. The van der Waals surface area contributed by atoms with Gasteiger partial charge in [-0.2, -0.15) is 4.31 Å². The van der Waals surface area contributed by atoms with Gasteiger partial charge in [0.05, 0.1) is 18.6 Å². The van der Waals surface area contributed by atoms with E-state index in [-0.39, 0.29) is 42.0 Å². The average Bonchev–Trinajstić information content (AvgIpc) is 2.78. The van der Waals surface area contributed by atoms with Gasteiger partial charge in [-0.15, -0.1) is 0 Å². The molecular formula is C27H45N3O5S. The molecule has 8 nitrogen and oxygen atoms in total. The summed E-state index contributed by atoms with van der Waals surface area (Å²) in [4.78, 5) is 17.4. The van der Waals surface area contributed by atoms with Gasteiger partial charge in [0.15, 0.2) is 0 Å². The highest BCUT2D eigenvalue weighted by Crippen LogP contribution is 2.50.